The maximum atomic E-state index is 12.8. The first-order valence-corrected chi connectivity index (χ1v) is 4.83. The number of halogens is 3. The van der Waals surface area contributed by atoms with Gasteiger partial charge in [-0.2, -0.15) is 0 Å². The van der Waals surface area contributed by atoms with Crippen molar-refractivity contribution in [1.82, 2.24) is 5.32 Å². The van der Waals surface area contributed by atoms with Gasteiger partial charge in [-0.15, -0.1) is 12.4 Å². The van der Waals surface area contributed by atoms with Gasteiger partial charge in [0.15, 0.2) is 0 Å². The van der Waals surface area contributed by atoms with Crippen LogP contribution in [0.1, 0.15) is 24.4 Å². The first-order valence-electron chi connectivity index (χ1n) is 4.46. The Bertz CT molecular complexity index is 311. The summed E-state index contributed by atoms with van der Waals surface area (Å²) in [6, 6.07) is 5.29. The zero-order chi connectivity index (χ0) is 9.26. The summed E-state index contributed by atoms with van der Waals surface area (Å²) in [5.74, 6) is -0.344. The summed E-state index contributed by atoms with van der Waals surface area (Å²) in [6.45, 7) is 1.04. The average Bonchev–Trinajstić information content (AvgIpc) is 2.62. The van der Waals surface area contributed by atoms with Gasteiger partial charge in [0.2, 0.25) is 0 Å². The SMILES string of the molecule is Cl.Fc1ccc([C@@H]2CCCN2)cc1Cl. The molecule has 14 heavy (non-hydrogen) atoms. The second kappa shape index (κ2) is 4.96. The Labute approximate surface area is 94.1 Å². The third-order valence-corrected chi connectivity index (χ3v) is 2.70. The van der Waals surface area contributed by atoms with Crippen LogP contribution >= 0.6 is 24.0 Å². The minimum Gasteiger partial charge on any atom is -0.310 e. The van der Waals surface area contributed by atoms with Crippen LogP contribution in [0.5, 0.6) is 0 Å². The van der Waals surface area contributed by atoms with E-state index in [9.17, 15) is 4.39 Å². The number of hydrogen-bond donors (Lipinski definition) is 1. The normalized spacial score (nSPS) is 20.6. The lowest BCUT2D eigenvalue weighted by Gasteiger charge is -2.10. The molecule has 0 spiro atoms. The fourth-order valence-corrected chi connectivity index (χ4v) is 1.89. The second-order valence-electron chi connectivity index (χ2n) is 3.32. The molecule has 0 aromatic heterocycles. The molecule has 0 saturated carbocycles. The van der Waals surface area contributed by atoms with Gasteiger partial charge in [-0.3, -0.25) is 0 Å². The van der Waals surface area contributed by atoms with Gasteiger partial charge >= 0.3 is 0 Å². The summed E-state index contributed by atoms with van der Waals surface area (Å²) in [5.41, 5.74) is 1.09. The molecule has 0 amide bonds. The Morgan fingerprint density at radius 3 is 2.79 bits per heavy atom. The van der Waals surface area contributed by atoms with Gasteiger partial charge in [0.1, 0.15) is 5.82 Å². The Kier molecular flexibility index (Phi) is 4.17. The fraction of sp³-hybridized carbons (Fsp3) is 0.400. The van der Waals surface area contributed by atoms with Crippen LogP contribution in [0.25, 0.3) is 0 Å². The summed E-state index contributed by atoms with van der Waals surface area (Å²) >= 11 is 5.69. The van der Waals surface area contributed by atoms with Crippen molar-refractivity contribution < 1.29 is 4.39 Å². The van der Waals surface area contributed by atoms with Crippen LogP contribution in [0.3, 0.4) is 0 Å². The highest BCUT2D eigenvalue weighted by Gasteiger charge is 2.16. The van der Waals surface area contributed by atoms with Gasteiger partial charge in [0.25, 0.3) is 0 Å². The Morgan fingerprint density at radius 1 is 1.43 bits per heavy atom. The van der Waals surface area contributed by atoms with Crippen LogP contribution in [0.2, 0.25) is 5.02 Å². The van der Waals surface area contributed by atoms with Gasteiger partial charge in [-0.1, -0.05) is 17.7 Å². The number of rotatable bonds is 1. The van der Waals surface area contributed by atoms with E-state index in [0.29, 0.717) is 6.04 Å². The van der Waals surface area contributed by atoms with Gasteiger partial charge < -0.3 is 5.32 Å². The van der Waals surface area contributed by atoms with Crippen molar-refractivity contribution in [2.24, 2.45) is 0 Å². The number of nitrogens with one attached hydrogen (secondary N) is 1. The summed E-state index contributed by atoms with van der Waals surface area (Å²) in [7, 11) is 0. The van der Waals surface area contributed by atoms with Crippen molar-refractivity contribution in [2.75, 3.05) is 6.54 Å². The monoisotopic (exact) mass is 235 g/mol. The van der Waals surface area contributed by atoms with E-state index < -0.39 is 0 Å². The summed E-state index contributed by atoms with van der Waals surface area (Å²) in [6.07, 6.45) is 2.29. The summed E-state index contributed by atoms with van der Waals surface area (Å²) < 4.78 is 12.8. The van der Waals surface area contributed by atoms with Crippen molar-refractivity contribution in [2.45, 2.75) is 18.9 Å². The van der Waals surface area contributed by atoms with Gasteiger partial charge in [0.05, 0.1) is 5.02 Å². The molecule has 1 aliphatic heterocycles. The molecule has 1 heterocycles. The maximum absolute atomic E-state index is 12.8. The Hall–Kier alpha value is -0.310. The highest BCUT2D eigenvalue weighted by Crippen LogP contribution is 2.26. The van der Waals surface area contributed by atoms with Gasteiger partial charge in [-0.05, 0) is 37.1 Å². The zero-order valence-corrected chi connectivity index (χ0v) is 9.17. The number of benzene rings is 1. The molecular formula is C10H12Cl2FN. The molecule has 1 atom stereocenters. The Balaban J connectivity index is 0.000000980. The lowest BCUT2D eigenvalue weighted by molar-refractivity contribution is 0.618. The van der Waals surface area contributed by atoms with Crippen LogP contribution in [0.4, 0.5) is 4.39 Å². The lowest BCUT2D eigenvalue weighted by Crippen LogP contribution is -2.12. The van der Waals surface area contributed by atoms with E-state index in [0.717, 1.165) is 18.5 Å². The highest BCUT2D eigenvalue weighted by molar-refractivity contribution is 6.30. The smallest absolute Gasteiger partial charge is 0.141 e. The molecule has 1 saturated heterocycles. The number of hydrogen-bond acceptors (Lipinski definition) is 1. The highest BCUT2D eigenvalue weighted by atomic mass is 35.5. The molecule has 0 radical (unpaired) electrons. The third kappa shape index (κ3) is 2.38. The molecule has 0 aliphatic carbocycles. The van der Waals surface area contributed by atoms with Crippen LogP contribution in [-0.2, 0) is 0 Å². The van der Waals surface area contributed by atoms with E-state index in [-0.39, 0.29) is 23.2 Å². The molecule has 2 rings (SSSR count). The molecule has 78 valence electrons. The standard InChI is InChI=1S/C10H11ClFN.ClH/c11-8-6-7(3-4-9(8)12)10-2-1-5-13-10;/h3-4,6,10,13H,1-2,5H2;1H/t10-;/m0./s1. The second-order valence-corrected chi connectivity index (χ2v) is 3.73. The van der Waals surface area contributed by atoms with E-state index >= 15 is 0 Å². The Morgan fingerprint density at radius 2 is 2.21 bits per heavy atom. The van der Waals surface area contributed by atoms with E-state index in [1.54, 1.807) is 12.1 Å². The molecule has 1 aliphatic rings. The fourth-order valence-electron chi connectivity index (χ4n) is 1.70. The lowest BCUT2D eigenvalue weighted by atomic mass is 10.1. The molecule has 1 aromatic rings. The van der Waals surface area contributed by atoms with Crippen molar-refractivity contribution in [1.29, 1.82) is 0 Å². The predicted octanol–water partition coefficient (Wildman–Crippen LogP) is 3.33. The van der Waals surface area contributed by atoms with Gasteiger partial charge in [-0.25, -0.2) is 4.39 Å². The summed E-state index contributed by atoms with van der Waals surface area (Å²) in [5, 5.41) is 3.55. The van der Waals surface area contributed by atoms with Crippen molar-refractivity contribution in [3.8, 4) is 0 Å². The van der Waals surface area contributed by atoms with Crippen LogP contribution in [0.15, 0.2) is 18.2 Å². The molecule has 4 heteroatoms. The quantitative estimate of drug-likeness (QED) is 0.788. The van der Waals surface area contributed by atoms with Crippen LogP contribution in [-0.4, -0.2) is 6.54 Å². The van der Waals surface area contributed by atoms with Crippen LogP contribution < -0.4 is 5.32 Å². The van der Waals surface area contributed by atoms with E-state index in [1.807, 2.05) is 0 Å². The average molecular weight is 236 g/mol. The molecule has 1 fully saturated rings. The van der Waals surface area contributed by atoms with Crippen LogP contribution in [0, 0.1) is 5.82 Å². The molecule has 0 unspecified atom stereocenters. The topological polar surface area (TPSA) is 12.0 Å². The first kappa shape index (κ1) is 11.8. The summed E-state index contributed by atoms with van der Waals surface area (Å²) in [4.78, 5) is 0. The molecule has 0 bridgehead atoms. The minimum atomic E-state index is -0.344. The molecule has 1 nitrogen and oxygen atoms in total. The first-order chi connectivity index (χ1) is 6.27. The van der Waals surface area contributed by atoms with E-state index in [4.69, 9.17) is 11.6 Å². The molecule has 1 aromatic carbocycles. The van der Waals surface area contributed by atoms with E-state index in [1.165, 1.54) is 12.5 Å². The largest absolute Gasteiger partial charge is 0.310 e. The maximum Gasteiger partial charge on any atom is 0.141 e. The van der Waals surface area contributed by atoms with Crippen molar-refractivity contribution in [3.05, 3.63) is 34.6 Å². The predicted molar refractivity (Wildman–Crippen MR) is 58.6 cm³/mol. The zero-order valence-electron chi connectivity index (χ0n) is 7.59. The minimum absolute atomic E-state index is 0. The van der Waals surface area contributed by atoms with E-state index in [2.05, 4.69) is 5.32 Å². The van der Waals surface area contributed by atoms with Crippen molar-refractivity contribution in [3.63, 3.8) is 0 Å². The molecule has 1 N–H and O–H groups in total. The third-order valence-electron chi connectivity index (χ3n) is 2.41. The molecular weight excluding hydrogens is 224 g/mol. The van der Waals surface area contributed by atoms with Gasteiger partial charge in [0, 0.05) is 6.04 Å². The van der Waals surface area contributed by atoms with Crippen molar-refractivity contribution >= 4 is 24.0 Å².